The summed E-state index contributed by atoms with van der Waals surface area (Å²) in [7, 11) is 1.23. The van der Waals surface area contributed by atoms with E-state index in [1.54, 1.807) is 13.8 Å². The predicted molar refractivity (Wildman–Crippen MR) is 80.9 cm³/mol. The summed E-state index contributed by atoms with van der Waals surface area (Å²) >= 11 is 1.32. The van der Waals surface area contributed by atoms with Crippen molar-refractivity contribution in [3.05, 3.63) is 30.3 Å². The van der Waals surface area contributed by atoms with Crippen molar-refractivity contribution in [2.45, 2.75) is 29.6 Å². The summed E-state index contributed by atoms with van der Waals surface area (Å²) in [5.41, 5.74) is -0.905. The van der Waals surface area contributed by atoms with Crippen LogP contribution in [-0.4, -0.2) is 29.9 Å². The Morgan fingerprint density at radius 3 is 2.59 bits per heavy atom. The van der Waals surface area contributed by atoms with Gasteiger partial charge >= 0.3 is 11.9 Å². The smallest absolute Gasteiger partial charge is 0.321 e. The summed E-state index contributed by atoms with van der Waals surface area (Å²) < 4.78 is 10.0. The summed E-state index contributed by atoms with van der Waals surface area (Å²) in [6, 6.07) is 11.6. The quantitative estimate of drug-likeness (QED) is 0.482. The van der Waals surface area contributed by atoms with E-state index in [2.05, 4.69) is 6.07 Å². The second-order valence-electron chi connectivity index (χ2n) is 5.53. The second kappa shape index (κ2) is 6.41. The number of nitriles is 1. The molecule has 1 aromatic carbocycles. The van der Waals surface area contributed by atoms with Gasteiger partial charge in [0.25, 0.3) is 0 Å². The number of thioether (sulfide) groups is 1. The lowest BCUT2D eigenvalue weighted by atomic mass is 9.81. The molecule has 116 valence electrons. The summed E-state index contributed by atoms with van der Waals surface area (Å²) in [5.74, 6) is -2.94. The van der Waals surface area contributed by atoms with Crippen molar-refractivity contribution in [1.82, 2.24) is 0 Å². The lowest BCUT2D eigenvalue weighted by Gasteiger charge is -2.29. The number of hydrogen-bond acceptors (Lipinski definition) is 6. The van der Waals surface area contributed by atoms with Crippen molar-refractivity contribution < 1.29 is 19.1 Å². The Balaban J connectivity index is 2.33. The molecule has 0 amide bonds. The standard InChI is InChI=1S/C16H17NO4S/c1-16(2)13(12(14(18)20-3)15(19)21-16)11(9-17)22-10-7-5-4-6-8-10/h4-8,11-13H,1-3H3. The van der Waals surface area contributed by atoms with Crippen LogP contribution in [0.2, 0.25) is 0 Å². The minimum atomic E-state index is -1.07. The Labute approximate surface area is 133 Å². The van der Waals surface area contributed by atoms with Gasteiger partial charge in [0.05, 0.1) is 13.2 Å². The van der Waals surface area contributed by atoms with Crippen molar-refractivity contribution in [2.24, 2.45) is 11.8 Å². The molecular formula is C16H17NO4S. The van der Waals surface area contributed by atoms with Gasteiger partial charge in [0.15, 0.2) is 5.92 Å². The zero-order chi connectivity index (χ0) is 16.3. The Kier molecular flexibility index (Phi) is 4.77. The molecule has 2 rings (SSSR count). The molecule has 3 atom stereocenters. The first-order valence-corrected chi connectivity index (χ1v) is 7.70. The number of esters is 2. The maximum Gasteiger partial charge on any atom is 0.321 e. The van der Waals surface area contributed by atoms with E-state index in [-0.39, 0.29) is 0 Å². The van der Waals surface area contributed by atoms with Gasteiger partial charge in [0.1, 0.15) is 10.9 Å². The number of methoxy groups -OCH3 is 1. The van der Waals surface area contributed by atoms with E-state index >= 15 is 0 Å². The third kappa shape index (κ3) is 3.09. The average molecular weight is 319 g/mol. The zero-order valence-corrected chi connectivity index (χ0v) is 13.4. The molecule has 1 fully saturated rings. The molecule has 22 heavy (non-hydrogen) atoms. The van der Waals surface area contributed by atoms with Crippen LogP contribution in [-0.2, 0) is 19.1 Å². The van der Waals surface area contributed by atoms with Crippen LogP contribution in [0.3, 0.4) is 0 Å². The fourth-order valence-corrected chi connectivity index (χ4v) is 3.97. The minimum absolute atomic E-state index is 0.581. The highest BCUT2D eigenvalue weighted by atomic mass is 32.2. The molecule has 1 saturated heterocycles. The predicted octanol–water partition coefficient (Wildman–Crippen LogP) is 2.41. The van der Waals surface area contributed by atoms with Gasteiger partial charge in [0, 0.05) is 10.8 Å². The third-order valence-corrected chi connectivity index (χ3v) is 4.89. The summed E-state index contributed by atoms with van der Waals surface area (Å²) in [6.07, 6.45) is 0. The first-order valence-electron chi connectivity index (χ1n) is 6.82. The zero-order valence-electron chi connectivity index (χ0n) is 12.6. The maximum atomic E-state index is 12.0. The highest BCUT2D eigenvalue weighted by molar-refractivity contribution is 8.00. The Morgan fingerprint density at radius 2 is 2.05 bits per heavy atom. The number of nitrogens with zero attached hydrogens (tertiary/aromatic N) is 1. The van der Waals surface area contributed by atoms with Crippen LogP contribution in [0.25, 0.3) is 0 Å². The van der Waals surface area contributed by atoms with Gasteiger partial charge in [-0.05, 0) is 26.0 Å². The molecule has 1 aliphatic rings. The van der Waals surface area contributed by atoms with Crippen LogP contribution in [0.5, 0.6) is 0 Å². The molecule has 1 heterocycles. The van der Waals surface area contributed by atoms with Crippen molar-refractivity contribution in [2.75, 3.05) is 7.11 Å². The number of carbonyl (C=O) groups is 2. The minimum Gasteiger partial charge on any atom is -0.468 e. The topological polar surface area (TPSA) is 76.4 Å². The number of carbonyl (C=O) groups excluding carboxylic acids is 2. The SMILES string of the molecule is COC(=O)C1C(=O)OC(C)(C)C1C(C#N)Sc1ccccc1. The third-order valence-electron chi connectivity index (χ3n) is 3.69. The van der Waals surface area contributed by atoms with Crippen LogP contribution >= 0.6 is 11.8 Å². The molecule has 0 radical (unpaired) electrons. The fourth-order valence-electron chi connectivity index (χ4n) is 2.67. The Bertz CT molecular complexity index is 608. The monoisotopic (exact) mass is 319 g/mol. The van der Waals surface area contributed by atoms with Crippen LogP contribution in [0.15, 0.2) is 35.2 Å². The first kappa shape index (κ1) is 16.4. The molecule has 3 unspecified atom stereocenters. The average Bonchev–Trinajstić information content (AvgIpc) is 2.74. The molecule has 0 bridgehead atoms. The highest BCUT2D eigenvalue weighted by Crippen LogP contribution is 2.45. The largest absolute Gasteiger partial charge is 0.468 e. The van der Waals surface area contributed by atoms with Crippen LogP contribution < -0.4 is 0 Å². The van der Waals surface area contributed by atoms with Crippen LogP contribution in [0, 0.1) is 23.2 Å². The molecule has 0 aliphatic carbocycles. The molecule has 0 saturated carbocycles. The van der Waals surface area contributed by atoms with Crippen molar-refractivity contribution in [3.63, 3.8) is 0 Å². The molecule has 1 aromatic rings. The van der Waals surface area contributed by atoms with E-state index in [4.69, 9.17) is 9.47 Å². The van der Waals surface area contributed by atoms with Gasteiger partial charge in [-0.2, -0.15) is 5.26 Å². The molecule has 1 aliphatic heterocycles. The van der Waals surface area contributed by atoms with Crippen LogP contribution in [0.4, 0.5) is 0 Å². The van der Waals surface area contributed by atoms with Gasteiger partial charge in [0.2, 0.25) is 0 Å². The van der Waals surface area contributed by atoms with E-state index in [0.29, 0.717) is 0 Å². The summed E-state index contributed by atoms with van der Waals surface area (Å²) in [6.45, 7) is 3.43. The molecule has 0 spiro atoms. The number of benzene rings is 1. The second-order valence-corrected chi connectivity index (χ2v) is 6.75. The van der Waals surface area contributed by atoms with E-state index in [0.717, 1.165) is 4.90 Å². The molecule has 6 heteroatoms. The van der Waals surface area contributed by atoms with E-state index in [1.165, 1.54) is 18.9 Å². The van der Waals surface area contributed by atoms with Crippen molar-refractivity contribution in [1.29, 1.82) is 5.26 Å². The molecule has 5 nitrogen and oxygen atoms in total. The van der Waals surface area contributed by atoms with E-state index < -0.39 is 34.6 Å². The summed E-state index contributed by atoms with van der Waals surface area (Å²) in [5, 5.41) is 8.94. The molecule has 0 aromatic heterocycles. The van der Waals surface area contributed by atoms with Gasteiger partial charge in [-0.1, -0.05) is 18.2 Å². The first-order chi connectivity index (χ1) is 10.4. The van der Waals surface area contributed by atoms with Crippen molar-refractivity contribution >= 4 is 23.7 Å². The highest BCUT2D eigenvalue weighted by Gasteiger charge is 2.57. The van der Waals surface area contributed by atoms with Gasteiger partial charge < -0.3 is 9.47 Å². The van der Waals surface area contributed by atoms with Crippen LogP contribution in [0.1, 0.15) is 13.8 Å². The fraction of sp³-hybridized carbons (Fsp3) is 0.438. The van der Waals surface area contributed by atoms with Gasteiger partial charge in [-0.25, -0.2) is 0 Å². The normalized spacial score (nSPS) is 24.2. The summed E-state index contributed by atoms with van der Waals surface area (Å²) in [4.78, 5) is 24.9. The van der Waals surface area contributed by atoms with E-state index in [9.17, 15) is 14.9 Å². The molecular weight excluding hydrogens is 302 g/mol. The van der Waals surface area contributed by atoms with E-state index in [1.807, 2.05) is 30.3 Å². The Hall–Kier alpha value is -2.00. The Morgan fingerprint density at radius 1 is 1.41 bits per heavy atom. The number of hydrogen-bond donors (Lipinski definition) is 0. The van der Waals surface area contributed by atoms with Gasteiger partial charge in [-0.15, -0.1) is 11.8 Å². The number of ether oxygens (including phenoxy) is 2. The maximum absolute atomic E-state index is 12.0. The number of cyclic esters (lactones) is 1. The lowest BCUT2D eigenvalue weighted by molar-refractivity contribution is -0.156. The van der Waals surface area contributed by atoms with Crippen molar-refractivity contribution in [3.8, 4) is 6.07 Å². The van der Waals surface area contributed by atoms with Gasteiger partial charge in [-0.3, -0.25) is 9.59 Å². The number of rotatable bonds is 4. The molecule has 0 N–H and O–H groups in total. The lowest BCUT2D eigenvalue weighted by Crippen LogP contribution is -2.40.